The first kappa shape index (κ1) is 14.9. The second kappa shape index (κ2) is 8.03. The summed E-state index contributed by atoms with van der Waals surface area (Å²) in [6, 6.07) is 8.89. The number of hydrogen-bond acceptors (Lipinski definition) is 4. The number of methoxy groups -OCH3 is 1. The van der Waals surface area contributed by atoms with Gasteiger partial charge in [-0.2, -0.15) is 5.26 Å². The molecule has 0 saturated carbocycles. The molecule has 1 aromatic rings. The molecule has 1 rings (SSSR count). The summed E-state index contributed by atoms with van der Waals surface area (Å²) in [7, 11) is 1.48. The van der Waals surface area contributed by atoms with Crippen molar-refractivity contribution in [1.29, 1.82) is 5.26 Å². The number of ether oxygens (including phenoxy) is 1. The zero-order valence-electron chi connectivity index (χ0n) is 10.7. The van der Waals surface area contributed by atoms with E-state index >= 15 is 0 Å². The Hall–Kier alpha value is -2.16. The zero-order chi connectivity index (χ0) is 14.1. The summed E-state index contributed by atoms with van der Waals surface area (Å²) in [5, 5.41) is 20.5. The van der Waals surface area contributed by atoms with Crippen LogP contribution in [-0.4, -0.2) is 37.4 Å². The van der Waals surface area contributed by atoms with E-state index in [0.717, 1.165) is 5.56 Å². The van der Waals surface area contributed by atoms with Gasteiger partial charge in [0, 0.05) is 19.7 Å². The van der Waals surface area contributed by atoms with Gasteiger partial charge in [0.15, 0.2) is 0 Å². The largest absolute Gasteiger partial charge is 0.389 e. The van der Waals surface area contributed by atoms with Crippen LogP contribution in [0.5, 0.6) is 0 Å². The van der Waals surface area contributed by atoms with Crippen LogP contribution in [0.1, 0.15) is 11.1 Å². The zero-order valence-corrected chi connectivity index (χ0v) is 10.7. The molecular formula is C14H16N2O3. The first-order valence-electron chi connectivity index (χ1n) is 5.78. The molecule has 1 aromatic carbocycles. The van der Waals surface area contributed by atoms with E-state index in [-0.39, 0.29) is 19.1 Å². The number of carbonyl (C=O) groups is 1. The quantitative estimate of drug-likeness (QED) is 0.737. The van der Waals surface area contributed by atoms with Gasteiger partial charge in [0.1, 0.15) is 0 Å². The molecule has 5 heteroatoms. The summed E-state index contributed by atoms with van der Waals surface area (Å²) in [5.41, 5.74) is 1.40. The third-order valence-electron chi connectivity index (χ3n) is 2.34. The molecule has 0 heterocycles. The van der Waals surface area contributed by atoms with Gasteiger partial charge in [0.25, 0.3) is 0 Å². The lowest BCUT2D eigenvalue weighted by molar-refractivity contribution is -0.117. The summed E-state index contributed by atoms with van der Waals surface area (Å²) in [4.78, 5) is 11.4. The van der Waals surface area contributed by atoms with Crippen molar-refractivity contribution in [3.05, 3.63) is 41.5 Å². The number of aliphatic hydroxyl groups excluding tert-OH is 1. The van der Waals surface area contributed by atoms with Crippen LogP contribution in [0, 0.1) is 11.3 Å². The molecule has 2 N–H and O–H groups in total. The molecular weight excluding hydrogens is 244 g/mol. The Kier molecular flexibility index (Phi) is 6.30. The van der Waals surface area contributed by atoms with Gasteiger partial charge in [-0.3, -0.25) is 4.79 Å². The molecule has 0 radical (unpaired) electrons. The molecule has 1 atom stereocenters. The highest BCUT2D eigenvalue weighted by Crippen LogP contribution is 2.04. The first-order valence-corrected chi connectivity index (χ1v) is 5.78. The normalized spacial score (nSPS) is 12.1. The lowest BCUT2D eigenvalue weighted by Gasteiger charge is -2.08. The van der Waals surface area contributed by atoms with E-state index in [1.54, 1.807) is 30.3 Å². The number of carbonyl (C=O) groups excluding carboxylic acids is 1. The third-order valence-corrected chi connectivity index (χ3v) is 2.34. The van der Waals surface area contributed by atoms with E-state index < -0.39 is 6.10 Å². The molecule has 100 valence electrons. The average Bonchev–Trinajstić information content (AvgIpc) is 2.44. The Balaban J connectivity index is 2.43. The lowest BCUT2D eigenvalue weighted by Crippen LogP contribution is -2.33. The maximum Gasteiger partial charge on any atom is 0.244 e. The molecule has 0 spiro atoms. The van der Waals surface area contributed by atoms with E-state index in [1.165, 1.54) is 13.2 Å². The molecule has 1 unspecified atom stereocenters. The van der Waals surface area contributed by atoms with Gasteiger partial charge in [0.2, 0.25) is 5.91 Å². The molecule has 0 fully saturated rings. The number of aliphatic hydroxyl groups is 1. The molecule has 0 aliphatic rings. The van der Waals surface area contributed by atoms with Gasteiger partial charge in [-0.25, -0.2) is 0 Å². The van der Waals surface area contributed by atoms with Crippen molar-refractivity contribution in [3.8, 4) is 6.07 Å². The van der Waals surface area contributed by atoms with Gasteiger partial charge < -0.3 is 15.2 Å². The predicted octanol–water partition coefficient (Wildman–Crippen LogP) is 0.695. The highest BCUT2D eigenvalue weighted by Gasteiger charge is 2.04. The molecule has 5 nitrogen and oxygen atoms in total. The molecule has 0 aliphatic heterocycles. The Morgan fingerprint density at radius 3 is 2.79 bits per heavy atom. The topological polar surface area (TPSA) is 82.3 Å². The van der Waals surface area contributed by atoms with E-state index in [2.05, 4.69) is 5.32 Å². The van der Waals surface area contributed by atoms with Gasteiger partial charge in [0.05, 0.1) is 24.3 Å². The first-order chi connectivity index (χ1) is 9.15. The smallest absolute Gasteiger partial charge is 0.244 e. The summed E-state index contributed by atoms with van der Waals surface area (Å²) in [6.07, 6.45) is 2.30. The van der Waals surface area contributed by atoms with Crippen LogP contribution in [0.3, 0.4) is 0 Å². The monoisotopic (exact) mass is 260 g/mol. The summed E-state index contributed by atoms with van der Waals surface area (Å²) in [5.74, 6) is -0.292. The maximum atomic E-state index is 11.4. The fourth-order valence-electron chi connectivity index (χ4n) is 1.37. The van der Waals surface area contributed by atoms with Crippen molar-refractivity contribution in [2.75, 3.05) is 20.3 Å². The highest BCUT2D eigenvalue weighted by molar-refractivity contribution is 5.91. The average molecular weight is 260 g/mol. The van der Waals surface area contributed by atoms with Gasteiger partial charge in [-0.15, -0.1) is 0 Å². The Morgan fingerprint density at radius 2 is 2.21 bits per heavy atom. The molecule has 0 bridgehead atoms. The van der Waals surface area contributed by atoms with E-state index in [1.807, 2.05) is 6.07 Å². The van der Waals surface area contributed by atoms with E-state index in [9.17, 15) is 9.90 Å². The number of nitrogens with one attached hydrogen (secondary N) is 1. The number of benzene rings is 1. The number of amides is 1. The van der Waals surface area contributed by atoms with Crippen molar-refractivity contribution in [2.45, 2.75) is 6.10 Å². The number of nitrogens with zero attached hydrogens (tertiary/aromatic N) is 1. The number of rotatable bonds is 6. The Morgan fingerprint density at radius 1 is 1.53 bits per heavy atom. The lowest BCUT2D eigenvalue weighted by atomic mass is 10.1. The molecule has 1 amide bonds. The van der Waals surface area contributed by atoms with Crippen LogP contribution in [-0.2, 0) is 9.53 Å². The van der Waals surface area contributed by atoms with Crippen molar-refractivity contribution >= 4 is 12.0 Å². The second-order valence-corrected chi connectivity index (χ2v) is 3.92. The highest BCUT2D eigenvalue weighted by atomic mass is 16.5. The number of hydrogen-bond donors (Lipinski definition) is 2. The van der Waals surface area contributed by atoms with Crippen LogP contribution in [0.4, 0.5) is 0 Å². The molecule has 19 heavy (non-hydrogen) atoms. The Bertz CT molecular complexity index is 474. The van der Waals surface area contributed by atoms with Crippen molar-refractivity contribution in [1.82, 2.24) is 5.32 Å². The second-order valence-electron chi connectivity index (χ2n) is 3.92. The van der Waals surface area contributed by atoms with Crippen LogP contribution in [0.15, 0.2) is 30.3 Å². The van der Waals surface area contributed by atoms with Crippen molar-refractivity contribution in [2.24, 2.45) is 0 Å². The summed E-state index contributed by atoms with van der Waals surface area (Å²) in [6.45, 7) is 0.323. The fourth-order valence-corrected chi connectivity index (χ4v) is 1.37. The van der Waals surface area contributed by atoms with Crippen LogP contribution in [0.25, 0.3) is 6.08 Å². The minimum Gasteiger partial charge on any atom is -0.389 e. The standard InChI is InChI=1S/C14H16N2O3/c1-19-10-13(17)9-16-14(18)7-6-11-2-4-12(8-15)5-3-11/h2-7,13,17H,9-10H2,1H3,(H,16,18). The minimum absolute atomic E-state index is 0.143. The van der Waals surface area contributed by atoms with Crippen LogP contribution >= 0.6 is 0 Å². The molecule has 0 saturated heterocycles. The van der Waals surface area contributed by atoms with E-state index in [4.69, 9.17) is 10.00 Å². The minimum atomic E-state index is -0.711. The summed E-state index contributed by atoms with van der Waals surface area (Å²) >= 11 is 0. The van der Waals surface area contributed by atoms with Gasteiger partial charge in [-0.05, 0) is 23.8 Å². The van der Waals surface area contributed by atoms with Crippen molar-refractivity contribution in [3.63, 3.8) is 0 Å². The van der Waals surface area contributed by atoms with Gasteiger partial charge in [-0.1, -0.05) is 12.1 Å². The summed E-state index contributed by atoms with van der Waals surface area (Å²) < 4.78 is 4.74. The predicted molar refractivity (Wildman–Crippen MR) is 71.1 cm³/mol. The molecule has 0 aromatic heterocycles. The third kappa shape index (κ3) is 5.82. The van der Waals surface area contributed by atoms with Crippen molar-refractivity contribution < 1.29 is 14.6 Å². The SMILES string of the molecule is COCC(O)CNC(=O)C=Cc1ccc(C#N)cc1. The van der Waals surface area contributed by atoms with Gasteiger partial charge >= 0.3 is 0 Å². The maximum absolute atomic E-state index is 11.4. The fraction of sp³-hybridized carbons (Fsp3) is 0.286. The van der Waals surface area contributed by atoms with Crippen LogP contribution in [0.2, 0.25) is 0 Å². The Labute approximate surface area is 112 Å². The van der Waals surface area contributed by atoms with E-state index in [0.29, 0.717) is 5.56 Å². The number of nitriles is 1. The molecule has 0 aliphatic carbocycles. The van der Waals surface area contributed by atoms with Crippen LogP contribution < -0.4 is 5.32 Å².